The molecule has 114 valence electrons. The first kappa shape index (κ1) is 15.8. The number of amides is 1. The fourth-order valence-electron chi connectivity index (χ4n) is 2.52. The number of primary amides is 1. The molecule has 1 saturated heterocycles. The molecule has 1 fully saturated rings. The number of hydrogen-bond donors (Lipinski definition) is 2. The number of rotatable bonds is 3. The highest BCUT2D eigenvalue weighted by molar-refractivity contribution is 7.80. The Morgan fingerprint density at radius 2 is 1.86 bits per heavy atom. The van der Waals surface area contributed by atoms with E-state index in [-0.39, 0.29) is 11.8 Å². The van der Waals surface area contributed by atoms with Gasteiger partial charge in [0, 0.05) is 24.7 Å². The Morgan fingerprint density at radius 1 is 1.29 bits per heavy atom. The van der Waals surface area contributed by atoms with Gasteiger partial charge in [-0.25, -0.2) is 0 Å². The van der Waals surface area contributed by atoms with Crippen LogP contribution < -0.4 is 11.1 Å². The number of anilines is 1. The van der Waals surface area contributed by atoms with Crippen LogP contribution in [0.4, 0.5) is 5.69 Å². The summed E-state index contributed by atoms with van der Waals surface area (Å²) in [7, 11) is 0. The summed E-state index contributed by atoms with van der Waals surface area (Å²) in [6.07, 6.45) is 1.56. The van der Waals surface area contributed by atoms with Gasteiger partial charge in [-0.2, -0.15) is 0 Å². The molecule has 1 heterocycles. The quantitative estimate of drug-likeness (QED) is 0.843. The summed E-state index contributed by atoms with van der Waals surface area (Å²) in [5.41, 5.74) is 7.66. The lowest BCUT2D eigenvalue weighted by molar-refractivity contribution is -0.122. The van der Waals surface area contributed by atoms with Gasteiger partial charge in [0.25, 0.3) is 0 Å². The van der Waals surface area contributed by atoms with Crippen molar-refractivity contribution in [3.63, 3.8) is 0 Å². The second kappa shape index (κ2) is 6.89. The second-order valence-corrected chi connectivity index (χ2v) is 6.26. The summed E-state index contributed by atoms with van der Waals surface area (Å²) in [6, 6.07) is 8.35. The van der Waals surface area contributed by atoms with Crippen molar-refractivity contribution >= 4 is 28.9 Å². The maximum absolute atomic E-state index is 11.2. The number of likely N-dealkylation sites (tertiary alicyclic amines) is 1. The smallest absolute Gasteiger partial charge is 0.220 e. The molecule has 1 aliphatic heterocycles. The van der Waals surface area contributed by atoms with Crippen LogP contribution >= 0.6 is 12.2 Å². The number of nitrogens with zero attached hydrogens (tertiary/aromatic N) is 1. The first-order valence-corrected chi connectivity index (χ1v) is 7.83. The fourth-order valence-corrected chi connectivity index (χ4v) is 2.82. The largest absolute Gasteiger partial charge is 0.369 e. The molecule has 0 aromatic heterocycles. The molecule has 21 heavy (non-hydrogen) atoms. The maximum Gasteiger partial charge on any atom is 0.220 e. The van der Waals surface area contributed by atoms with Crippen molar-refractivity contribution in [3.8, 4) is 0 Å². The number of nitrogens with two attached hydrogens (primary N) is 1. The predicted octanol–water partition coefficient (Wildman–Crippen LogP) is 2.70. The van der Waals surface area contributed by atoms with E-state index in [1.54, 1.807) is 0 Å². The van der Waals surface area contributed by atoms with Crippen molar-refractivity contribution in [2.75, 3.05) is 18.4 Å². The lowest BCUT2D eigenvalue weighted by Crippen LogP contribution is -2.43. The number of piperidine rings is 1. The summed E-state index contributed by atoms with van der Waals surface area (Å²) < 4.78 is 0. The van der Waals surface area contributed by atoms with Gasteiger partial charge in [0.05, 0.1) is 0 Å². The van der Waals surface area contributed by atoms with Crippen LogP contribution in [0.2, 0.25) is 0 Å². The molecule has 1 aromatic carbocycles. The minimum absolute atomic E-state index is 0.00521. The van der Waals surface area contributed by atoms with Gasteiger partial charge in [-0.05, 0) is 48.7 Å². The number of benzene rings is 1. The summed E-state index contributed by atoms with van der Waals surface area (Å²) in [5, 5.41) is 3.98. The Kier molecular flexibility index (Phi) is 5.17. The molecule has 0 spiro atoms. The molecule has 0 unspecified atom stereocenters. The monoisotopic (exact) mass is 305 g/mol. The van der Waals surface area contributed by atoms with E-state index in [1.165, 1.54) is 5.56 Å². The Hall–Kier alpha value is -1.62. The minimum atomic E-state index is -0.196. The number of thiocarbonyl (C=S) groups is 1. The van der Waals surface area contributed by atoms with Gasteiger partial charge in [0.15, 0.2) is 5.11 Å². The lowest BCUT2D eigenvalue weighted by Gasteiger charge is -2.32. The maximum atomic E-state index is 11.2. The van der Waals surface area contributed by atoms with Crippen LogP contribution in [0.1, 0.15) is 38.2 Å². The highest BCUT2D eigenvalue weighted by Gasteiger charge is 2.24. The van der Waals surface area contributed by atoms with Crippen LogP contribution in [-0.2, 0) is 4.79 Å². The molecule has 3 N–H and O–H groups in total. The van der Waals surface area contributed by atoms with E-state index < -0.39 is 0 Å². The SMILES string of the molecule is CC(C)c1ccc(NC(=S)N2CCC(C(N)=O)CC2)cc1. The normalized spacial score (nSPS) is 16.0. The van der Waals surface area contributed by atoms with Crippen LogP contribution in [-0.4, -0.2) is 29.0 Å². The third-order valence-electron chi connectivity index (χ3n) is 4.01. The molecule has 5 heteroatoms. The number of carbonyl (C=O) groups is 1. The van der Waals surface area contributed by atoms with Crippen LogP contribution in [0.3, 0.4) is 0 Å². The fraction of sp³-hybridized carbons (Fsp3) is 0.500. The molecule has 2 rings (SSSR count). The standard InChI is InChI=1S/C16H23N3OS/c1-11(2)12-3-5-14(6-4-12)18-16(21)19-9-7-13(8-10-19)15(17)20/h3-6,11,13H,7-10H2,1-2H3,(H2,17,20)(H,18,21). The van der Waals surface area contributed by atoms with Gasteiger partial charge in [-0.15, -0.1) is 0 Å². The number of hydrogen-bond acceptors (Lipinski definition) is 2. The number of carbonyl (C=O) groups excluding carboxylic acids is 1. The Labute approximate surface area is 131 Å². The second-order valence-electron chi connectivity index (χ2n) is 5.87. The third kappa shape index (κ3) is 4.17. The molecule has 1 aromatic rings. The van der Waals surface area contributed by atoms with E-state index in [0.29, 0.717) is 5.92 Å². The van der Waals surface area contributed by atoms with Crippen LogP contribution in [0.5, 0.6) is 0 Å². The van der Waals surface area contributed by atoms with Crippen molar-refractivity contribution in [2.45, 2.75) is 32.6 Å². The molecule has 0 atom stereocenters. The Morgan fingerprint density at radius 3 is 2.33 bits per heavy atom. The van der Waals surface area contributed by atoms with Crippen molar-refractivity contribution in [1.82, 2.24) is 4.90 Å². The zero-order valence-corrected chi connectivity index (χ0v) is 13.5. The summed E-state index contributed by atoms with van der Waals surface area (Å²) in [5.74, 6) is 0.325. The van der Waals surface area contributed by atoms with E-state index in [2.05, 4.69) is 48.3 Å². The predicted molar refractivity (Wildman–Crippen MR) is 90.2 cm³/mol. The molecule has 1 aliphatic rings. The van der Waals surface area contributed by atoms with Crippen molar-refractivity contribution in [3.05, 3.63) is 29.8 Å². The van der Waals surface area contributed by atoms with Crippen molar-refractivity contribution in [1.29, 1.82) is 0 Å². The van der Waals surface area contributed by atoms with Gasteiger partial charge in [0.2, 0.25) is 5.91 Å². The van der Waals surface area contributed by atoms with Gasteiger partial charge in [-0.3, -0.25) is 4.79 Å². The number of nitrogens with one attached hydrogen (secondary N) is 1. The van der Waals surface area contributed by atoms with Crippen LogP contribution in [0, 0.1) is 5.92 Å². The van der Waals surface area contributed by atoms with E-state index >= 15 is 0 Å². The summed E-state index contributed by atoms with van der Waals surface area (Å²) in [6.45, 7) is 5.92. The topological polar surface area (TPSA) is 58.4 Å². The van der Waals surface area contributed by atoms with E-state index in [1.807, 2.05) is 0 Å². The van der Waals surface area contributed by atoms with Crippen LogP contribution in [0.15, 0.2) is 24.3 Å². The van der Waals surface area contributed by atoms with E-state index in [0.717, 1.165) is 36.7 Å². The molecule has 0 saturated carbocycles. The van der Waals surface area contributed by atoms with Crippen molar-refractivity contribution < 1.29 is 4.79 Å². The van der Waals surface area contributed by atoms with Crippen LogP contribution in [0.25, 0.3) is 0 Å². The minimum Gasteiger partial charge on any atom is -0.369 e. The highest BCUT2D eigenvalue weighted by Crippen LogP contribution is 2.20. The first-order valence-electron chi connectivity index (χ1n) is 7.42. The Balaban J connectivity index is 1.88. The molecular weight excluding hydrogens is 282 g/mol. The lowest BCUT2D eigenvalue weighted by atomic mass is 9.97. The Bertz CT molecular complexity index is 505. The third-order valence-corrected chi connectivity index (χ3v) is 4.37. The molecule has 4 nitrogen and oxygen atoms in total. The molecular formula is C16H23N3OS. The summed E-state index contributed by atoms with van der Waals surface area (Å²) >= 11 is 5.44. The zero-order chi connectivity index (χ0) is 15.4. The van der Waals surface area contributed by atoms with Gasteiger partial charge >= 0.3 is 0 Å². The molecule has 1 amide bonds. The average molecular weight is 305 g/mol. The van der Waals surface area contributed by atoms with E-state index in [9.17, 15) is 4.79 Å². The van der Waals surface area contributed by atoms with Gasteiger partial charge in [0.1, 0.15) is 0 Å². The average Bonchev–Trinajstić information content (AvgIpc) is 2.47. The molecule has 0 bridgehead atoms. The molecule has 0 aliphatic carbocycles. The zero-order valence-electron chi connectivity index (χ0n) is 12.6. The van der Waals surface area contributed by atoms with Crippen molar-refractivity contribution in [2.24, 2.45) is 11.7 Å². The highest BCUT2D eigenvalue weighted by atomic mass is 32.1. The van der Waals surface area contributed by atoms with E-state index in [4.69, 9.17) is 18.0 Å². The van der Waals surface area contributed by atoms with Gasteiger partial charge < -0.3 is 16.0 Å². The first-order chi connectivity index (χ1) is 9.97. The summed E-state index contributed by atoms with van der Waals surface area (Å²) in [4.78, 5) is 13.3. The van der Waals surface area contributed by atoms with Gasteiger partial charge in [-0.1, -0.05) is 26.0 Å². The molecule has 0 radical (unpaired) electrons.